The molecule has 0 aliphatic heterocycles. The number of aliphatic hydroxyl groups excluding tert-OH is 1. The minimum atomic E-state index is 0.149. The largest absolute Gasteiger partial charge is 0.396 e. The van der Waals surface area contributed by atoms with Gasteiger partial charge in [-0.3, -0.25) is 0 Å². The van der Waals surface area contributed by atoms with Crippen molar-refractivity contribution in [1.82, 2.24) is 5.32 Å². The maximum Gasteiger partial charge on any atom is 0.0446 e. The van der Waals surface area contributed by atoms with Gasteiger partial charge in [0.2, 0.25) is 0 Å². The molecule has 0 amide bonds. The lowest BCUT2D eigenvalue weighted by Gasteiger charge is -2.34. The van der Waals surface area contributed by atoms with E-state index in [-0.39, 0.29) is 12.0 Å². The molecule has 2 nitrogen and oxygen atoms in total. The molecule has 2 unspecified atom stereocenters. The van der Waals surface area contributed by atoms with Crippen LogP contribution in [0, 0.1) is 5.41 Å². The van der Waals surface area contributed by atoms with Crippen LogP contribution >= 0.6 is 11.8 Å². The number of benzene rings is 1. The molecule has 0 heterocycles. The number of nitrogens with one attached hydrogen (secondary N) is 1. The van der Waals surface area contributed by atoms with Crippen molar-refractivity contribution in [3.8, 4) is 0 Å². The normalized spacial score (nSPS) is 15.3. The first-order valence-corrected chi connectivity index (χ1v) is 8.12. The van der Waals surface area contributed by atoms with Crippen molar-refractivity contribution >= 4 is 11.8 Å². The molecule has 0 saturated heterocycles. The highest BCUT2D eigenvalue weighted by Crippen LogP contribution is 2.25. The van der Waals surface area contributed by atoms with Crippen LogP contribution in [0.1, 0.15) is 45.7 Å². The van der Waals surface area contributed by atoms with Crippen LogP contribution in [-0.2, 0) is 0 Å². The molecule has 0 aromatic heterocycles. The van der Waals surface area contributed by atoms with E-state index in [1.165, 1.54) is 10.5 Å². The van der Waals surface area contributed by atoms with E-state index in [2.05, 4.69) is 63.5 Å². The summed E-state index contributed by atoms with van der Waals surface area (Å²) in [6.07, 6.45) is 2.88. The third-order valence-corrected chi connectivity index (χ3v) is 4.27. The molecule has 1 aromatic carbocycles. The van der Waals surface area contributed by atoms with Gasteiger partial charge in [0.05, 0.1) is 0 Å². The molecule has 0 bridgehead atoms. The van der Waals surface area contributed by atoms with E-state index >= 15 is 0 Å². The second kappa shape index (κ2) is 7.32. The van der Waals surface area contributed by atoms with Crippen LogP contribution in [0.2, 0.25) is 0 Å². The number of hydrogen-bond acceptors (Lipinski definition) is 3. The molecule has 0 spiro atoms. The van der Waals surface area contributed by atoms with Gasteiger partial charge in [0, 0.05) is 23.6 Å². The summed E-state index contributed by atoms with van der Waals surface area (Å²) in [4.78, 5) is 1.29. The number of thioether (sulfide) groups is 1. The van der Waals surface area contributed by atoms with Gasteiger partial charge in [-0.25, -0.2) is 0 Å². The van der Waals surface area contributed by atoms with Crippen molar-refractivity contribution in [2.45, 2.75) is 51.1 Å². The molecule has 0 aliphatic rings. The molecule has 2 N–H and O–H groups in total. The molecule has 108 valence electrons. The van der Waals surface area contributed by atoms with E-state index < -0.39 is 0 Å². The highest BCUT2D eigenvalue weighted by Gasteiger charge is 2.25. The molecule has 0 aliphatic carbocycles. The van der Waals surface area contributed by atoms with Crippen molar-refractivity contribution in [2.24, 2.45) is 5.41 Å². The molecule has 3 heteroatoms. The van der Waals surface area contributed by atoms with Crippen LogP contribution in [-0.4, -0.2) is 24.0 Å². The van der Waals surface area contributed by atoms with Gasteiger partial charge in [0.15, 0.2) is 0 Å². The van der Waals surface area contributed by atoms with E-state index in [0.29, 0.717) is 12.1 Å². The summed E-state index contributed by atoms with van der Waals surface area (Å²) in [6.45, 7) is 9.05. The molecule has 1 rings (SSSR count). The molecular formula is C16H27NOS. The summed E-state index contributed by atoms with van der Waals surface area (Å²) in [5, 5.41) is 12.9. The Morgan fingerprint density at radius 2 is 1.79 bits per heavy atom. The summed E-state index contributed by atoms with van der Waals surface area (Å²) in [6, 6.07) is 9.30. The zero-order valence-electron chi connectivity index (χ0n) is 12.7. The second-order valence-corrected chi connectivity index (χ2v) is 6.97. The molecule has 0 radical (unpaired) electrons. The summed E-state index contributed by atoms with van der Waals surface area (Å²) in [5.74, 6) is 0. The molecule has 0 fully saturated rings. The Hall–Kier alpha value is -0.510. The van der Waals surface area contributed by atoms with Crippen LogP contribution < -0.4 is 5.32 Å². The van der Waals surface area contributed by atoms with Crippen LogP contribution in [0.5, 0.6) is 0 Å². The maximum atomic E-state index is 9.21. The van der Waals surface area contributed by atoms with Gasteiger partial charge < -0.3 is 10.4 Å². The van der Waals surface area contributed by atoms with E-state index in [1.54, 1.807) is 11.8 Å². The fraction of sp³-hybridized carbons (Fsp3) is 0.625. The van der Waals surface area contributed by atoms with Crippen LogP contribution in [0.15, 0.2) is 29.2 Å². The van der Waals surface area contributed by atoms with Crippen molar-refractivity contribution < 1.29 is 5.11 Å². The highest BCUT2D eigenvalue weighted by molar-refractivity contribution is 7.98. The summed E-state index contributed by atoms with van der Waals surface area (Å²) < 4.78 is 0. The second-order valence-electron chi connectivity index (χ2n) is 6.09. The van der Waals surface area contributed by atoms with Crippen molar-refractivity contribution in [2.75, 3.05) is 12.9 Å². The zero-order valence-corrected chi connectivity index (χ0v) is 13.6. The Kier molecular flexibility index (Phi) is 6.37. The van der Waals surface area contributed by atoms with Crippen LogP contribution in [0.25, 0.3) is 0 Å². The quantitative estimate of drug-likeness (QED) is 0.777. The predicted octanol–water partition coefficient (Wildman–Crippen LogP) is 3.86. The van der Waals surface area contributed by atoms with Gasteiger partial charge in [0.25, 0.3) is 0 Å². The Bertz CT molecular complexity index is 369. The van der Waals surface area contributed by atoms with Gasteiger partial charge in [-0.1, -0.05) is 32.9 Å². The van der Waals surface area contributed by atoms with Crippen LogP contribution in [0.3, 0.4) is 0 Å². The maximum absolute atomic E-state index is 9.21. The topological polar surface area (TPSA) is 32.3 Å². The Labute approximate surface area is 122 Å². The average molecular weight is 281 g/mol. The first kappa shape index (κ1) is 16.5. The Balaban J connectivity index is 2.72. The van der Waals surface area contributed by atoms with Gasteiger partial charge in [-0.05, 0) is 42.7 Å². The summed E-state index contributed by atoms with van der Waals surface area (Å²) >= 11 is 1.76. The van der Waals surface area contributed by atoms with Gasteiger partial charge in [-0.15, -0.1) is 11.8 Å². The van der Waals surface area contributed by atoms with Crippen LogP contribution in [0.4, 0.5) is 0 Å². The summed E-state index contributed by atoms with van der Waals surface area (Å²) in [7, 11) is 0. The molecule has 19 heavy (non-hydrogen) atoms. The Morgan fingerprint density at radius 3 is 2.21 bits per heavy atom. The molecule has 2 atom stereocenters. The number of rotatable bonds is 6. The Morgan fingerprint density at radius 1 is 1.21 bits per heavy atom. The monoisotopic (exact) mass is 281 g/mol. The third-order valence-electron chi connectivity index (χ3n) is 3.53. The average Bonchev–Trinajstić information content (AvgIpc) is 2.37. The molecule has 1 aromatic rings. The molecular weight excluding hydrogens is 254 g/mol. The third kappa shape index (κ3) is 5.17. The van der Waals surface area contributed by atoms with Crippen molar-refractivity contribution in [3.63, 3.8) is 0 Å². The van der Waals surface area contributed by atoms with Gasteiger partial charge >= 0.3 is 0 Å². The lowest BCUT2D eigenvalue weighted by atomic mass is 9.84. The SMILES string of the molecule is CSc1ccc(C(C)NC(CCO)C(C)(C)C)cc1. The van der Waals surface area contributed by atoms with E-state index in [4.69, 9.17) is 0 Å². The standard InChI is InChI=1S/C16H27NOS/c1-12(13-6-8-14(19-5)9-7-13)17-15(10-11-18)16(2,3)4/h6-9,12,15,17-18H,10-11H2,1-5H3. The minimum Gasteiger partial charge on any atom is -0.396 e. The van der Waals surface area contributed by atoms with E-state index in [1.807, 2.05) is 0 Å². The first-order chi connectivity index (χ1) is 8.88. The number of hydrogen-bond donors (Lipinski definition) is 2. The predicted molar refractivity (Wildman–Crippen MR) is 84.7 cm³/mol. The summed E-state index contributed by atoms with van der Waals surface area (Å²) in [5.41, 5.74) is 1.45. The van der Waals surface area contributed by atoms with Gasteiger partial charge in [-0.2, -0.15) is 0 Å². The van der Waals surface area contributed by atoms with E-state index in [9.17, 15) is 5.11 Å². The van der Waals surface area contributed by atoms with Gasteiger partial charge in [0.1, 0.15) is 0 Å². The smallest absolute Gasteiger partial charge is 0.0446 e. The minimum absolute atomic E-state index is 0.149. The first-order valence-electron chi connectivity index (χ1n) is 6.89. The van der Waals surface area contributed by atoms with Crippen molar-refractivity contribution in [3.05, 3.63) is 29.8 Å². The molecule has 0 saturated carbocycles. The fourth-order valence-corrected chi connectivity index (χ4v) is 2.59. The highest BCUT2D eigenvalue weighted by atomic mass is 32.2. The lowest BCUT2D eigenvalue weighted by Crippen LogP contribution is -2.42. The number of aliphatic hydroxyl groups is 1. The lowest BCUT2D eigenvalue weighted by molar-refractivity contribution is 0.188. The fourth-order valence-electron chi connectivity index (χ4n) is 2.19. The van der Waals surface area contributed by atoms with E-state index in [0.717, 1.165) is 6.42 Å². The zero-order chi connectivity index (χ0) is 14.5. The van der Waals surface area contributed by atoms with Crippen molar-refractivity contribution in [1.29, 1.82) is 0 Å².